The summed E-state index contributed by atoms with van der Waals surface area (Å²) in [6, 6.07) is 7.43. The number of carbonyl (C=O) groups is 1. The SMILES string of the molecule is O=C(O)c1ccnc(N2Cc3cccc(Br)c3C2)n1. The molecule has 1 aliphatic rings. The molecule has 1 aromatic heterocycles. The lowest BCUT2D eigenvalue weighted by Crippen LogP contribution is -2.18. The summed E-state index contributed by atoms with van der Waals surface area (Å²) < 4.78 is 1.06. The first-order valence-corrected chi connectivity index (χ1v) is 6.52. The molecule has 0 unspecified atom stereocenters. The molecule has 2 aromatic rings. The first kappa shape index (κ1) is 12.1. The third kappa shape index (κ3) is 2.19. The molecule has 2 heterocycles. The van der Waals surface area contributed by atoms with Gasteiger partial charge in [-0.2, -0.15) is 0 Å². The lowest BCUT2D eigenvalue weighted by atomic mass is 10.1. The summed E-state index contributed by atoms with van der Waals surface area (Å²) >= 11 is 3.52. The maximum Gasteiger partial charge on any atom is 0.354 e. The van der Waals surface area contributed by atoms with Gasteiger partial charge >= 0.3 is 5.97 Å². The normalized spacial score (nSPS) is 13.4. The molecule has 0 amide bonds. The van der Waals surface area contributed by atoms with Gasteiger partial charge < -0.3 is 10.0 Å². The van der Waals surface area contributed by atoms with Crippen LogP contribution in [0.4, 0.5) is 5.95 Å². The van der Waals surface area contributed by atoms with Crippen LogP contribution in [-0.4, -0.2) is 21.0 Å². The summed E-state index contributed by atoms with van der Waals surface area (Å²) in [4.78, 5) is 21.1. The summed E-state index contributed by atoms with van der Waals surface area (Å²) in [7, 11) is 0. The topological polar surface area (TPSA) is 66.3 Å². The van der Waals surface area contributed by atoms with Crippen LogP contribution in [-0.2, 0) is 13.1 Å². The van der Waals surface area contributed by atoms with Gasteiger partial charge in [-0.05, 0) is 23.3 Å². The zero-order valence-corrected chi connectivity index (χ0v) is 11.5. The number of aromatic nitrogens is 2. The predicted octanol–water partition coefficient (Wildman–Crippen LogP) is 2.46. The highest BCUT2D eigenvalue weighted by Gasteiger charge is 2.23. The van der Waals surface area contributed by atoms with E-state index in [0.717, 1.165) is 4.47 Å². The molecule has 96 valence electrons. The van der Waals surface area contributed by atoms with Gasteiger partial charge in [0.2, 0.25) is 5.95 Å². The molecule has 0 spiro atoms. The van der Waals surface area contributed by atoms with Gasteiger partial charge in [0, 0.05) is 23.8 Å². The van der Waals surface area contributed by atoms with Crippen LogP contribution in [0.25, 0.3) is 0 Å². The Hall–Kier alpha value is -1.95. The van der Waals surface area contributed by atoms with Crippen LogP contribution in [0.5, 0.6) is 0 Å². The molecule has 0 aliphatic carbocycles. The lowest BCUT2D eigenvalue weighted by molar-refractivity contribution is 0.0690. The first-order chi connectivity index (χ1) is 9.15. The van der Waals surface area contributed by atoms with Gasteiger partial charge in [0.25, 0.3) is 0 Å². The van der Waals surface area contributed by atoms with E-state index in [1.165, 1.54) is 23.4 Å². The Bertz CT molecular complexity index is 660. The smallest absolute Gasteiger partial charge is 0.354 e. The maximum atomic E-state index is 10.9. The summed E-state index contributed by atoms with van der Waals surface area (Å²) in [6.07, 6.45) is 1.48. The Labute approximate surface area is 118 Å². The van der Waals surface area contributed by atoms with Crippen LogP contribution in [0.15, 0.2) is 34.9 Å². The summed E-state index contributed by atoms with van der Waals surface area (Å²) in [5.74, 6) is -0.593. The molecule has 0 bridgehead atoms. The molecule has 1 aliphatic heterocycles. The summed E-state index contributed by atoms with van der Waals surface area (Å²) in [5, 5.41) is 8.95. The highest BCUT2D eigenvalue weighted by atomic mass is 79.9. The van der Waals surface area contributed by atoms with E-state index < -0.39 is 5.97 Å². The number of anilines is 1. The van der Waals surface area contributed by atoms with Crippen molar-refractivity contribution in [3.8, 4) is 0 Å². The van der Waals surface area contributed by atoms with Gasteiger partial charge in [-0.3, -0.25) is 0 Å². The van der Waals surface area contributed by atoms with Crippen molar-refractivity contribution in [2.24, 2.45) is 0 Å². The molecule has 1 N–H and O–H groups in total. The number of aromatic carboxylic acids is 1. The van der Waals surface area contributed by atoms with Crippen molar-refractivity contribution in [1.82, 2.24) is 9.97 Å². The monoisotopic (exact) mass is 319 g/mol. The highest BCUT2D eigenvalue weighted by Crippen LogP contribution is 2.31. The minimum Gasteiger partial charge on any atom is -0.477 e. The highest BCUT2D eigenvalue weighted by molar-refractivity contribution is 9.10. The van der Waals surface area contributed by atoms with E-state index >= 15 is 0 Å². The van der Waals surface area contributed by atoms with E-state index in [2.05, 4.69) is 32.0 Å². The molecule has 0 fully saturated rings. The van der Waals surface area contributed by atoms with E-state index in [4.69, 9.17) is 5.11 Å². The van der Waals surface area contributed by atoms with Crippen LogP contribution in [0.2, 0.25) is 0 Å². The Kier molecular flexibility index (Phi) is 2.94. The van der Waals surface area contributed by atoms with Crippen molar-refractivity contribution in [1.29, 1.82) is 0 Å². The third-order valence-electron chi connectivity index (χ3n) is 3.07. The number of nitrogens with zero attached hydrogens (tertiary/aromatic N) is 3. The van der Waals surface area contributed by atoms with Crippen LogP contribution in [0, 0.1) is 0 Å². The second-order valence-corrected chi connectivity index (χ2v) is 5.13. The van der Waals surface area contributed by atoms with Gasteiger partial charge in [0.15, 0.2) is 5.69 Å². The second kappa shape index (κ2) is 4.62. The molecule has 6 heteroatoms. The van der Waals surface area contributed by atoms with Crippen LogP contribution < -0.4 is 4.90 Å². The van der Waals surface area contributed by atoms with E-state index in [1.54, 1.807) is 0 Å². The zero-order chi connectivity index (χ0) is 13.4. The Morgan fingerprint density at radius 2 is 2.16 bits per heavy atom. The average Bonchev–Trinajstić information content (AvgIpc) is 2.84. The predicted molar refractivity (Wildman–Crippen MR) is 73.0 cm³/mol. The largest absolute Gasteiger partial charge is 0.477 e. The van der Waals surface area contributed by atoms with Crippen LogP contribution >= 0.6 is 15.9 Å². The Morgan fingerprint density at radius 3 is 2.89 bits per heavy atom. The number of halogens is 1. The molecular weight excluding hydrogens is 310 g/mol. The number of carboxylic acids is 1. The molecule has 3 rings (SSSR count). The van der Waals surface area contributed by atoms with Crippen molar-refractivity contribution < 1.29 is 9.90 Å². The van der Waals surface area contributed by atoms with Crippen LogP contribution in [0.1, 0.15) is 21.6 Å². The number of carboxylic acid groups (broad SMARTS) is 1. The molecule has 1 aromatic carbocycles. The number of fused-ring (bicyclic) bond motifs is 1. The van der Waals surface area contributed by atoms with E-state index in [9.17, 15) is 4.79 Å². The Balaban J connectivity index is 1.93. The minimum atomic E-state index is -1.04. The van der Waals surface area contributed by atoms with Gasteiger partial charge in [-0.1, -0.05) is 28.1 Å². The average molecular weight is 320 g/mol. The quantitative estimate of drug-likeness (QED) is 0.921. The molecular formula is C13H10BrN3O2. The summed E-state index contributed by atoms with van der Waals surface area (Å²) in [6.45, 7) is 1.37. The lowest BCUT2D eigenvalue weighted by Gasteiger charge is -2.14. The third-order valence-corrected chi connectivity index (χ3v) is 3.81. The van der Waals surface area contributed by atoms with Gasteiger partial charge in [-0.25, -0.2) is 14.8 Å². The van der Waals surface area contributed by atoms with Gasteiger partial charge in [-0.15, -0.1) is 0 Å². The molecule has 0 saturated heterocycles. The number of hydrogen-bond acceptors (Lipinski definition) is 4. The van der Waals surface area contributed by atoms with Crippen molar-refractivity contribution in [2.45, 2.75) is 13.1 Å². The van der Waals surface area contributed by atoms with Crippen molar-refractivity contribution >= 4 is 27.8 Å². The second-order valence-electron chi connectivity index (χ2n) is 4.28. The maximum absolute atomic E-state index is 10.9. The number of rotatable bonds is 2. The van der Waals surface area contributed by atoms with E-state index in [-0.39, 0.29) is 5.69 Å². The molecule has 0 radical (unpaired) electrons. The van der Waals surface area contributed by atoms with E-state index in [0.29, 0.717) is 19.0 Å². The van der Waals surface area contributed by atoms with Gasteiger partial charge in [0.05, 0.1) is 0 Å². The fourth-order valence-electron chi connectivity index (χ4n) is 2.14. The number of hydrogen-bond donors (Lipinski definition) is 1. The van der Waals surface area contributed by atoms with Crippen LogP contribution in [0.3, 0.4) is 0 Å². The zero-order valence-electron chi connectivity index (χ0n) is 9.88. The van der Waals surface area contributed by atoms with Crippen molar-refractivity contribution in [2.75, 3.05) is 4.90 Å². The van der Waals surface area contributed by atoms with E-state index in [1.807, 2.05) is 17.0 Å². The minimum absolute atomic E-state index is 0.0139. The fraction of sp³-hybridized carbons (Fsp3) is 0.154. The molecule has 19 heavy (non-hydrogen) atoms. The van der Waals surface area contributed by atoms with Crippen molar-refractivity contribution in [3.63, 3.8) is 0 Å². The fourth-order valence-corrected chi connectivity index (χ4v) is 2.67. The Morgan fingerprint density at radius 1 is 1.32 bits per heavy atom. The van der Waals surface area contributed by atoms with Gasteiger partial charge in [0.1, 0.15) is 0 Å². The summed E-state index contributed by atoms with van der Waals surface area (Å²) in [5.41, 5.74) is 2.42. The molecule has 5 nitrogen and oxygen atoms in total. The number of benzene rings is 1. The standard InChI is InChI=1S/C13H10BrN3O2/c14-10-3-1-2-8-6-17(7-9(8)10)13-15-5-4-11(16-13)12(18)19/h1-5H,6-7H2,(H,18,19). The molecule has 0 saturated carbocycles. The first-order valence-electron chi connectivity index (χ1n) is 5.72. The van der Waals surface area contributed by atoms with Crippen molar-refractivity contribution in [3.05, 3.63) is 51.8 Å². The molecule has 0 atom stereocenters.